The van der Waals surface area contributed by atoms with Crippen LogP contribution >= 0.6 is 0 Å². The lowest BCUT2D eigenvalue weighted by Gasteiger charge is -2.22. The summed E-state index contributed by atoms with van der Waals surface area (Å²) in [5, 5.41) is 7.99. The Hall–Kier alpha value is -2.86. The van der Waals surface area contributed by atoms with E-state index in [2.05, 4.69) is 27.2 Å². The Morgan fingerprint density at radius 1 is 1.11 bits per heavy atom. The molecule has 1 fully saturated rings. The van der Waals surface area contributed by atoms with Gasteiger partial charge in [-0.2, -0.15) is 5.10 Å². The minimum atomic E-state index is 0.0798. The molecule has 27 heavy (non-hydrogen) atoms. The van der Waals surface area contributed by atoms with Gasteiger partial charge in [-0.05, 0) is 30.2 Å². The number of aromatic amines is 1. The van der Waals surface area contributed by atoms with E-state index in [1.54, 1.807) is 13.3 Å². The minimum absolute atomic E-state index is 0.0798. The zero-order valence-electron chi connectivity index (χ0n) is 15.5. The monoisotopic (exact) mass is 364 g/mol. The quantitative estimate of drug-likeness (QED) is 0.773. The second kappa shape index (κ2) is 7.80. The molecule has 1 N–H and O–H groups in total. The van der Waals surface area contributed by atoms with Gasteiger partial charge in [0.2, 0.25) is 0 Å². The van der Waals surface area contributed by atoms with Crippen molar-refractivity contribution >= 4 is 16.8 Å². The number of carbonyl (C=O) groups is 1. The van der Waals surface area contributed by atoms with Crippen LogP contribution in [0, 0.1) is 0 Å². The number of nitrogens with zero attached hydrogens (tertiary/aromatic N) is 3. The summed E-state index contributed by atoms with van der Waals surface area (Å²) >= 11 is 0. The smallest absolute Gasteiger partial charge is 0.256 e. The normalized spacial score (nSPS) is 15.7. The largest absolute Gasteiger partial charge is 0.497 e. The van der Waals surface area contributed by atoms with E-state index in [-0.39, 0.29) is 5.91 Å². The standard InChI is InChI=1S/C21H24N4O2/c1-27-18-8-6-16(7-9-18)15-24-10-3-11-25(13-12-24)21(26)19-5-2-4-17-14-22-23-20(17)19/h2,4-9,14H,3,10-13,15H2,1H3,(H,22,23). The fourth-order valence-corrected chi connectivity index (χ4v) is 3.64. The van der Waals surface area contributed by atoms with E-state index >= 15 is 0 Å². The maximum Gasteiger partial charge on any atom is 0.256 e. The Balaban J connectivity index is 1.42. The lowest BCUT2D eigenvalue weighted by atomic mass is 10.1. The number of amides is 1. The second-order valence-electron chi connectivity index (χ2n) is 6.91. The molecule has 6 nitrogen and oxygen atoms in total. The fraction of sp³-hybridized carbons (Fsp3) is 0.333. The third-order valence-electron chi connectivity index (χ3n) is 5.15. The van der Waals surface area contributed by atoms with Crippen LogP contribution in [0.15, 0.2) is 48.7 Å². The number of benzene rings is 2. The lowest BCUT2D eigenvalue weighted by Crippen LogP contribution is -2.35. The number of fused-ring (bicyclic) bond motifs is 1. The Morgan fingerprint density at radius 2 is 1.96 bits per heavy atom. The molecule has 1 amide bonds. The first-order valence-electron chi connectivity index (χ1n) is 9.31. The van der Waals surface area contributed by atoms with Crippen LogP contribution in [0.3, 0.4) is 0 Å². The summed E-state index contributed by atoms with van der Waals surface area (Å²) in [5.74, 6) is 0.954. The molecule has 0 saturated carbocycles. The summed E-state index contributed by atoms with van der Waals surface area (Å²) in [6.45, 7) is 4.27. The topological polar surface area (TPSA) is 61.5 Å². The van der Waals surface area contributed by atoms with Crippen molar-refractivity contribution in [3.05, 3.63) is 59.8 Å². The number of H-pyrrole nitrogens is 1. The Morgan fingerprint density at radius 3 is 2.78 bits per heavy atom. The van der Waals surface area contributed by atoms with E-state index < -0.39 is 0 Å². The molecule has 6 heteroatoms. The number of methoxy groups -OCH3 is 1. The first-order chi connectivity index (χ1) is 13.2. The van der Waals surface area contributed by atoms with E-state index in [9.17, 15) is 4.79 Å². The molecule has 0 radical (unpaired) electrons. The zero-order chi connectivity index (χ0) is 18.6. The van der Waals surface area contributed by atoms with Gasteiger partial charge < -0.3 is 9.64 Å². The molecular formula is C21H24N4O2. The SMILES string of the molecule is COc1ccc(CN2CCCN(C(=O)c3cccc4cn[nH]c34)CC2)cc1. The summed E-state index contributed by atoms with van der Waals surface area (Å²) < 4.78 is 5.22. The summed E-state index contributed by atoms with van der Waals surface area (Å²) in [6.07, 6.45) is 2.73. The van der Waals surface area contributed by atoms with E-state index in [1.165, 1.54) is 5.56 Å². The highest BCUT2D eigenvalue weighted by Crippen LogP contribution is 2.19. The Labute approximate surface area is 158 Å². The summed E-state index contributed by atoms with van der Waals surface area (Å²) in [4.78, 5) is 17.4. The number of rotatable bonds is 4. The van der Waals surface area contributed by atoms with Crippen LogP contribution < -0.4 is 4.74 Å². The third-order valence-corrected chi connectivity index (χ3v) is 5.15. The van der Waals surface area contributed by atoms with E-state index in [1.807, 2.05) is 35.2 Å². The van der Waals surface area contributed by atoms with Gasteiger partial charge in [0.05, 0.1) is 24.4 Å². The minimum Gasteiger partial charge on any atom is -0.497 e. The molecule has 0 aliphatic carbocycles. The second-order valence-corrected chi connectivity index (χ2v) is 6.91. The first kappa shape index (κ1) is 17.5. The number of para-hydroxylation sites is 1. The molecule has 0 bridgehead atoms. The van der Waals surface area contributed by atoms with Crippen molar-refractivity contribution in [3.8, 4) is 5.75 Å². The molecule has 1 aliphatic heterocycles. The highest BCUT2D eigenvalue weighted by Gasteiger charge is 2.22. The summed E-state index contributed by atoms with van der Waals surface area (Å²) in [7, 11) is 1.68. The van der Waals surface area contributed by atoms with Crippen molar-refractivity contribution in [1.29, 1.82) is 0 Å². The molecule has 2 heterocycles. The number of nitrogens with one attached hydrogen (secondary N) is 1. The predicted octanol–water partition coefficient (Wildman–Crippen LogP) is 2.92. The molecule has 1 saturated heterocycles. The molecule has 2 aromatic carbocycles. The maximum absolute atomic E-state index is 13.0. The molecule has 4 rings (SSSR count). The van der Waals surface area contributed by atoms with Crippen LogP contribution in [0.5, 0.6) is 5.75 Å². The number of hydrogen-bond donors (Lipinski definition) is 1. The van der Waals surface area contributed by atoms with Crippen LogP contribution in [0.1, 0.15) is 22.3 Å². The average Bonchev–Trinajstić information content (AvgIpc) is 3.07. The first-order valence-corrected chi connectivity index (χ1v) is 9.31. The van der Waals surface area contributed by atoms with E-state index in [0.717, 1.165) is 55.8 Å². The number of carbonyl (C=O) groups excluding carboxylic acids is 1. The van der Waals surface area contributed by atoms with Gasteiger partial charge >= 0.3 is 0 Å². The van der Waals surface area contributed by atoms with Crippen molar-refractivity contribution in [2.45, 2.75) is 13.0 Å². The molecule has 1 aliphatic rings. The maximum atomic E-state index is 13.0. The van der Waals surface area contributed by atoms with Crippen LogP contribution in [0.4, 0.5) is 0 Å². The average molecular weight is 364 g/mol. The van der Waals surface area contributed by atoms with Crippen LogP contribution in [0.25, 0.3) is 10.9 Å². The Bertz CT molecular complexity index is 919. The van der Waals surface area contributed by atoms with E-state index in [4.69, 9.17) is 4.74 Å². The molecule has 0 atom stereocenters. The molecule has 1 aromatic heterocycles. The molecule has 140 valence electrons. The van der Waals surface area contributed by atoms with Crippen molar-refractivity contribution < 1.29 is 9.53 Å². The van der Waals surface area contributed by atoms with Crippen molar-refractivity contribution in [3.63, 3.8) is 0 Å². The number of ether oxygens (including phenoxy) is 1. The van der Waals surface area contributed by atoms with Gasteiger partial charge in [-0.15, -0.1) is 0 Å². The van der Waals surface area contributed by atoms with E-state index in [0.29, 0.717) is 5.56 Å². The van der Waals surface area contributed by atoms with Gasteiger partial charge in [-0.3, -0.25) is 14.8 Å². The molecular weight excluding hydrogens is 340 g/mol. The van der Waals surface area contributed by atoms with Crippen molar-refractivity contribution in [2.24, 2.45) is 0 Å². The van der Waals surface area contributed by atoms with Gasteiger partial charge in [-0.1, -0.05) is 24.3 Å². The van der Waals surface area contributed by atoms with Gasteiger partial charge in [0, 0.05) is 38.1 Å². The predicted molar refractivity (Wildman–Crippen MR) is 105 cm³/mol. The highest BCUT2D eigenvalue weighted by atomic mass is 16.5. The number of hydrogen-bond acceptors (Lipinski definition) is 4. The van der Waals surface area contributed by atoms with Gasteiger partial charge in [-0.25, -0.2) is 0 Å². The number of aromatic nitrogens is 2. The Kier molecular flexibility index (Phi) is 5.07. The van der Waals surface area contributed by atoms with Crippen LogP contribution in [-0.2, 0) is 6.54 Å². The summed E-state index contributed by atoms with van der Waals surface area (Å²) in [6, 6.07) is 14.0. The van der Waals surface area contributed by atoms with Gasteiger partial charge in [0.15, 0.2) is 0 Å². The highest BCUT2D eigenvalue weighted by molar-refractivity contribution is 6.05. The van der Waals surface area contributed by atoms with Crippen LogP contribution in [-0.4, -0.2) is 59.2 Å². The lowest BCUT2D eigenvalue weighted by molar-refractivity contribution is 0.0763. The fourth-order valence-electron chi connectivity index (χ4n) is 3.64. The van der Waals surface area contributed by atoms with Gasteiger partial charge in [0.1, 0.15) is 5.75 Å². The third kappa shape index (κ3) is 3.80. The molecule has 0 spiro atoms. The molecule has 0 unspecified atom stereocenters. The van der Waals surface area contributed by atoms with Crippen molar-refractivity contribution in [2.75, 3.05) is 33.3 Å². The summed E-state index contributed by atoms with van der Waals surface area (Å²) in [5.41, 5.74) is 2.79. The molecule has 3 aromatic rings. The van der Waals surface area contributed by atoms with Gasteiger partial charge in [0.25, 0.3) is 5.91 Å². The van der Waals surface area contributed by atoms with Crippen LogP contribution in [0.2, 0.25) is 0 Å². The zero-order valence-corrected chi connectivity index (χ0v) is 15.5. The van der Waals surface area contributed by atoms with Crippen molar-refractivity contribution in [1.82, 2.24) is 20.0 Å².